The van der Waals surface area contributed by atoms with Crippen LogP contribution >= 0.6 is 11.8 Å². The Bertz CT molecular complexity index is 837. The first-order chi connectivity index (χ1) is 11.2. The van der Waals surface area contributed by atoms with Crippen molar-refractivity contribution in [2.75, 3.05) is 24.2 Å². The van der Waals surface area contributed by atoms with Gasteiger partial charge in [0.1, 0.15) is 11.6 Å². The first kappa shape index (κ1) is 15.6. The van der Waals surface area contributed by atoms with Gasteiger partial charge in [-0.3, -0.25) is 4.79 Å². The van der Waals surface area contributed by atoms with Gasteiger partial charge in [-0.05, 0) is 43.7 Å². The van der Waals surface area contributed by atoms with Gasteiger partial charge in [0.05, 0.1) is 5.69 Å². The molecule has 0 unspecified atom stereocenters. The zero-order chi connectivity index (χ0) is 16.4. The number of aromatic nitrogens is 2. The molecule has 1 aliphatic rings. The zero-order valence-electron chi connectivity index (χ0n) is 13.2. The fourth-order valence-electron chi connectivity index (χ4n) is 3.01. The zero-order valence-corrected chi connectivity index (χ0v) is 14.0. The minimum atomic E-state index is -0.380. The minimum absolute atomic E-state index is 0.0749. The summed E-state index contributed by atoms with van der Waals surface area (Å²) >= 11 is 1.36. The van der Waals surface area contributed by atoms with E-state index in [1.807, 2.05) is 18.4 Å². The summed E-state index contributed by atoms with van der Waals surface area (Å²) in [5.41, 5.74) is 3.50. The second-order valence-corrected chi connectivity index (χ2v) is 6.23. The molecule has 0 saturated carbocycles. The number of hydrogen-bond acceptors (Lipinski definition) is 5. The number of anilines is 1. The molecule has 0 atom stereocenters. The van der Waals surface area contributed by atoms with Gasteiger partial charge in [-0.2, -0.15) is 5.26 Å². The summed E-state index contributed by atoms with van der Waals surface area (Å²) in [6.45, 7) is 4.21. The van der Waals surface area contributed by atoms with Crippen LogP contribution in [0.1, 0.15) is 24.5 Å². The molecule has 3 rings (SSSR count). The lowest BCUT2D eigenvalue weighted by molar-refractivity contribution is 0.708. The van der Waals surface area contributed by atoms with E-state index in [1.54, 1.807) is 0 Å². The van der Waals surface area contributed by atoms with Crippen molar-refractivity contribution < 1.29 is 0 Å². The van der Waals surface area contributed by atoms with Crippen molar-refractivity contribution in [1.82, 2.24) is 9.97 Å². The second kappa shape index (κ2) is 6.47. The van der Waals surface area contributed by atoms with Crippen LogP contribution in [0.4, 0.5) is 5.69 Å². The van der Waals surface area contributed by atoms with Crippen molar-refractivity contribution in [1.29, 1.82) is 5.26 Å². The lowest BCUT2D eigenvalue weighted by atomic mass is 9.97. The lowest BCUT2D eigenvalue weighted by Gasteiger charge is -2.30. The van der Waals surface area contributed by atoms with Crippen molar-refractivity contribution in [2.24, 2.45) is 0 Å². The largest absolute Gasteiger partial charge is 0.372 e. The summed E-state index contributed by atoms with van der Waals surface area (Å²) in [5, 5.41) is 9.84. The van der Waals surface area contributed by atoms with Crippen molar-refractivity contribution in [3.8, 4) is 17.3 Å². The lowest BCUT2D eigenvalue weighted by Crippen LogP contribution is -2.28. The van der Waals surface area contributed by atoms with Gasteiger partial charge in [-0.15, -0.1) is 0 Å². The molecule has 0 radical (unpaired) electrons. The van der Waals surface area contributed by atoms with Gasteiger partial charge < -0.3 is 9.88 Å². The minimum Gasteiger partial charge on any atom is -0.372 e. The van der Waals surface area contributed by atoms with Crippen LogP contribution in [0.15, 0.2) is 28.2 Å². The van der Waals surface area contributed by atoms with Gasteiger partial charge in [0.2, 0.25) is 0 Å². The molecule has 2 aromatic rings. The average Bonchev–Trinajstić information content (AvgIpc) is 2.59. The monoisotopic (exact) mass is 326 g/mol. The summed E-state index contributed by atoms with van der Waals surface area (Å²) in [6.07, 6.45) is 3.98. The molecule has 1 aromatic carbocycles. The average molecular weight is 326 g/mol. The number of benzene rings is 1. The van der Waals surface area contributed by atoms with E-state index in [-0.39, 0.29) is 11.1 Å². The molecule has 0 saturated heterocycles. The van der Waals surface area contributed by atoms with E-state index in [4.69, 9.17) is 0 Å². The van der Waals surface area contributed by atoms with Crippen LogP contribution in [0, 0.1) is 11.3 Å². The molecule has 6 heteroatoms. The third-order valence-corrected chi connectivity index (χ3v) is 4.73. The molecular formula is C17H18N4OS. The van der Waals surface area contributed by atoms with Crippen molar-refractivity contribution in [3.63, 3.8) is 0 Å². The Morgan fingerprint density at radius 2 is 2.30 bits per heavy atom. The van der Waals surface area contributed by atoms with Gasteiger partial charge in [0.25, 0.3) is 5.56 Å². The maximum absolute atomic E-state index is 12.1. The highest BCUT2D eigenvalue weighted by Gasteiger charge is 2.18. The molecule has 0 bridgehead atoms. The number of rotatable bonds is 3. The van der Waals surface area contributed by atoms with E-state index in [2.05, 4.69) is 33.9 Å². The number of fused-ring (bicyclic) bond motifs is 1. The summed E-state index contributed by atoms with van der Waals surface area (Å²) in [4.78, 5) is 21.5. The number of nitrogens with one attached hydrogen (secondary N) is 1. The van der Waals surface area contributed by atoms with E-state index < -0.39 is 0 Å². The molecule has 1 aliphatic heterocycles. The summed E-state index contributed by atoms with van der Waals surface area (Å²) in [7, 11) is 0. The van der Waals surface area contributed by atoms with Crippen LogP contribution in [-0.4, -0.2) is 29.3 Å². The number of nitrogens with zero attached hydrogens (tertiary/aromatic N) is 3. The van der Waals surface area contributed by atoms with Crippen LogP contribution in [0.2, 0.25) is 0 Å². The second-order valence-electron chi connectivity index (χ2n) is 5.44. The summed E-state index contributed by atoms with van der Waals surface area (Å²) in [5.74, 6) is 0. The fourth-order valence-corrected chi connectivity index (χ4v) is 3.39. The predicted molar refractivity (Wildman–Crippen MR) is 93.0 cm³/mol. The van der Waals surface area contributed by atoms with E-state index in [9.17, 15) is 10.1 Å². The van der Waals surface area contributed by atoms with Crippen LogP contribution in [0.5, 0.6) is 0 Å². The summed E-state index contributed by atoms with van der Waals surface area (Å²) < 4.78 is 0. The molecule has 2 heterocycles. The van der Waals surface area contributed by atoms with Gasteiger partial charge in [0, 0.05) is 24.3 Å². The van der Waals surface area contributed by atoms with E-state index in [0.29, 0.717) is 10.9 Å². The maximum Gasteiger partial charge on any atom is 0.270 e. The molecular weight excluding hydrogens is 308 g/mol. The highest BCUT2D eigenvalue weighted by molar-refractivity contribution is 7.98. The van der Waals surface area contributed by atoms with Crippen molar-refractivity contribution in [2.45, 2.75) is 24.9 Å². The molecule has 0 amide bonds. The first-order valence-corrected chi connectivity index (χ1v) is 8.87. The van der Waals surface area contributed by atoms with Gasteiger partial charge in [0.15, 0.2) is 5.16 Å². The molecule has 1 N–H and O–H groups in total. The highest BCUT2D eigenvalue weighted by Crippen LogP contribution is 2.31. The Labute approximate surface area is 139 Å². The van der Waals surface area contributed by atoms with Crippen LogP contribution in [0.3, 0.4) is 0 Å². The van der Waals surface area contributed by atoms with Gasteiger partial charge >= 0.3 is 0 Å². The Hall–Kier alpha value is -2.26. The van der Waals surface area contributed by atoms with Gasteiger partial charge in [-0.1, -0.05) is 17.8 Å². The van der Waals surface area contributed by atoms with Gasteiger partial charge in [-0.25, -0.2) is 4.98 Å². The normalized spacial score (nSPS) is 13.5. The Kier molecular flexibility index (Phi) is 4.39. The molecule has 0 fully saturated rings. The van der Waals surface area contributed by atoms with E-state index in [0.717, 1.165) is 31.5 Å². The van der Waals surface area contributed by atoms with E-state index in [1.165, 1.54) is 23.0 Å². The third kappa shape index (κ3) is 2.84. The van der Waals surface area contributed by atoms with Crippen molar-refractivity contribution in [3.05, 3.63) is 39.7 Å². The van der Waals surface area contributed by atoms with E-state index >= 15 is 0 Å². The number of aryl methyl sites for hydroxylation is 1. The van der Waals surface area contributed by atoms with Crippen molar-refractivity contribution >= 4 is 17.4 Å². The molecule has 5 nitrogen and oxygen atoms in total. The van der Waals surface area contributed by atoms with Crippen LogP contribution in [0.25, 0.3) is 11.3 Å². The quantitative estimate of drug-likeness (QED) is 0.693. The first-order valence-electron chi connectivity index (χ1n) is 7.64. The summed E-state index contributed by atoms with van der Waals surface area (Å²) in [6, 6.07) is 8.10. The SMILES string of the molecule is CCN1CCCc2cc(-c3nc(SC)[nH]c(=O)c3C#N)ccc21. The third-order valence-electron chi connectivity index (χ3n) is 4.15. The Balaban J connectivity index is 2.15. The molecule has 1 aromatic heterocycles. The Morgan fingerprint density at radius 3 is 3.00 bits per heavy atom. The predicted octanol–water partition coefficient (Wildman–Crippen LogP) is 2.80. The van der Waals surface area contributed by atoms with Crippen LogP contribution < -0.4 is 10.5 Å². The molecule has 23 heavy (non-hydrogen) atoms. The Morgan fingerprint density at radius 1 is 1.48 bits per heavy atom. The molecule has 0 spiro atoms. The number of aromatic amines is 1. The standard InChI is InChI=1S/C17H18N4OS/c1-3-21-8-4-5-11-9-12(6-7-14(11)21)15-13(10-18)16(22)20-17(19-15)23-2/h6-7,9H,3-5,8H2,1-2H3,(H,19,20,22). The highest BCUT2D eigenvalue weighted by atomic mass is 32.2. The van der Waals surface area contributed by atoms with Crippen LogP contribution in [-0.2, 0) is 6.42 Å². The fraction of sp³-hybridized carbons (Fsp3) is 0.353. The molecule has 118 valence electrons. The topological polar surface area (TPSA) is 72.8 Å². The maximum atomic E-state index is 12.1. The smallest absolute Gasteiger partial charge is 0.270 e. The number of H-pyrrole nitrogens is 1. The number of thioether (sulfide) groups is 1. The number of hydrogen-bond donors (Lipinski definition) is 1. The molecule has 0 aliphatic carbocycles. The number of nitriles is 1.